The van der Waals surface area contributed by atoms with E-state index in [1.807, 2.05) is 0 Å². The Morgan fingerprint density at radius 1 is 1.41 bits per heavy atom. The second-order valence-electron chi connectivity index (χ2n) is 4.64. The van der Waals surface area contributed by atoms with E-state index >= 15 is 0 Å². The minimum absolute atomic E-state index is 0.0751. The van der Waals surface area contributed by atoms with Crippen LogP contribution in [0, 0.1) is 5.92 Å². The summed E-state index contributed by atoms with van der Waals surface area (Å²) in [5, 5.41) is 3.88. The zero-order valence-corrected chi connectivity index (χ0v) is 10.9. The summed E-state index contributed by atoms with van der Waals surface area (Å²) < 4.78 is 27.6. The molecule has 1 aromatic heterocycles. The zero-order chi connectivity index (χ0) is 12.6. The number of anilines is 1. The van der Waals surface area contributed by atoms with Crippen molar-refractivity contribution in [2.24, 2.45) is 13.0 Å². The van der Waals surface area contributed by atoms with Crippen LogP contribution < -0.4 is 5.73 Å². The van der Waals surface area contributed by atoms with Gasteiger partial charge in [0.1, 0.15) is 4.90 Å². The van der Waals surface area contributed by atoms with E-state index < -0.39 is 10.0 Å². The van der Waals surface area contributed by atoms with E-state index in [0.717, 1.165) is 12.8 Å². The average Bonchev–Trinajstić information content (AvgIpc) is 2.59. The van der Waals surface area contributed by atoms with Gasteiger partial charge < -0.3 is 5.73 Å². The quantitative estimate of drug-likeness (QED) is 0.833. The van der Waals surface area contributed by atoms with Crippen molar-refractivity contribution in [3.05, 3.63) is 6.20 Å². The molecule has 17 heavy (non-hydrogen) atoms. The van der Waals surface area contributed by atoms with Gasteiger partial charge in [0.25, 0.3) is 0 Å². The minimum Gasteiger partial charge on any atom is -0.381 e. The van der Waals surface area contributed by atoms with Crippen LogP contribution in [0.4, 0.5) is 5.82 Å². The number of nitrogens with two attached hydrogens (primary N) is 1. The SMILES string of the molecule is CC1CCN(S(=O)(=O)c2cn(C)nc2N)CC1. The highest BCUT2D eigenvalue weighted by Gasteiger charge is 2.30. The molecule has 1 fully saturated rings. The molecule has 7 heteroatoms. The van der Waals surface area contributed by atoms with E-state index in [1.165, 1.54) is 15.2 Å². The zero-order valence-electron chi connectivity index (χ0n) is 10.1. The van der Waals surface area contributed by atoms with Crippen LogP contribution in [0.2, 0.25) is 0 Å². The molecule has 0 saturated carbocycles. The van der Waals surface area contributed by atoms with Crippen LogP contribution in [0.3, 0.4) is 0 Å². The number of nitrogen functional groups attached to an aromatic ring is 1. The molecule has 6 nitrogen and oxygen atoms in total. The first kappa shape index (κ1) is 12.4. The van der Waals surface area contributed by atoms with Gasteiger partial charge in [0.05, 0.1) is 0 Å². The Morgan fingerprint density at radius 2 is 2.00 bits per heavy atom. The maximum atomic E-state index is 12.3. The van der Waals surface area contributed by atoms with Gasteiger partial charge in [-0.3, -0.25) is 4.68 Å². The van der Waals surface area contributed by atoms with Gasteiger partial charge in [0, 0.05) is 26.3 Å². The van der Waals surface area contributed by atoms with Gasteiger partial charge in [-0.15, -0.1) is 0 Å². The molecular formula is C10H18N4O2S. The predicted octanol–water partition coefficient (Wildman–Crippen LogP) is 0.423. The molecule has 0 bridgehead atoms. The maximum Gasteiger partial charge on any atom is 0.248 e. The summed E-state index contributed by atoms with van der Waals surface area (Å²) in [5.74, 6) is 0.666. The van der Waals surface area contributed by atoms with Crippen molar-refractivity contribution in [1.29, 1.82) is 0 Å². The van der Waals surface area contributed by atoms with Crippen LogP contribution in [0.15, 0.2) is 11.1 Å². The second kappa shape index (κ2) is 4.30. The molecular weight excluding hydrogens is 240 g/mol. The van der Waals surface area contributed by atoms with Crippen LogP contribution in [0.1, 0.15) is 19.8 Å². The number of sulfonamides is 1. The molecule has 0 aromatic carbocycles. The van der Waals surface area contributed by atoms with Crippen LogP contribution >= 0.6 is 0 Å². The molecule has 1 aromatic rings. The Labute approximate surface area is 101 Å². The lowest BCUT2D eigenvalue weighted by Crippen LogP contribution is -2.38. The highest BCUT2D eigenvalue weighted by Crippen LogP contribution is 2.25. The minimum atomic E-state index is -3.47. The standard InChI is InChI=1S/C10H18N4O2S/c1-8-3-5-14(6-4-8)17(15,16)9-7-13(2)12-10(9)11/h7-8H,3-6H2,1-2H3,(H2,11,12). The van der Waals surface area contributed by atoms with E-state index in [9.17, 15) is 8.42 Å². The lowest BCUT2D eigenvalue weighted by molar-refractivity contribution is 0.288. The van der Waals surface area contributed by atoms with E-state index in [1.54, 1.807) is 7.05 Å². The molecule has 1 saturated heterocycles. The molecule has 0 atom stereocenters. The largest absolute Gasteiger partial charge is 0.381 e. The number of nitrogens with zero attached hydrogens (tertiary/aromatic N) is 3. The number of rotatable bonds is 2. The third-order valence-corrected chi connectivity index (χ3v) is 5.10. The fraction of sp³-hybridized carbons (Fsp3) is 0.700. The van der Waals surface area contributed by atoms with Crippen molar-refractivity contribution < 1.29 is 8.42 Å². The van der Waals surface area contributed by atoms with Crippen molar-refractivity contribution in [2.75, 3.05) is 18.8 Å². The lowest BCUT2D eigenvalue weighted by atomic mass is 10.0. The Balaban J connectivity index is 2.28. The molecule has 0 amide bonds. The first-order valence-corrected chi connectivity index (χ1v) is 7.14. The summed E-state index contributed by atoms with van der Waals surface area (Å²) >= 11 is 0. The van der Waals surface area contributed by atoms with Crippen LogP contribution in [-0.4, -0.2) is 35.6 Å². The Morgan fingerprint density at radius 3 is 2.47 bits per heavy atom. The summed E-state index contributed by atoms with van der Waals surface area (Å²) in [6, 6.07) is 0. The lowest BCUT2D eigenvalue weighted by Gasteiger charge is -2.29. The van der Waals surface area contributed by atoms with Crippen molar-refractivity contribution in [3.8, 4) is 0 Å². The molecule has 1 aliphatic heterocycles. The first-order chi connectivity index (χ1) is 7.91. The van der Waals surface area contributed by atoms with E-state index in [0.29, 0.717) is 19.0 Å². The highest BCUT2D eigenvalue weighted by atomic mass is 32.2. The Bertz CT molecular complexity index is 500. The number of piperidine rings is 1. The number of hydrogen-bond acceptors (Lipinski definition) is 4. The van der Waals surface area contributed by atoms with Crippen molar-refractivity contribution >= 4 is 15.8 Å². The molecule has 0 spiro atoms. The predicted molar refractivity (Wildman–Crippen MR) is 64.8 cm³/mol. The fourth-order valence-corrected chi connectivity index (χ4v) is 3.61. The van der Waals surface area contributed by atoms with Crippen molar-refractivity contribution in [3.63, 3.8) is 0 Å². The van der Waals surface area contributed by atoms with Gasteiger partial charge in [-0.25, -0.2) is 8.42 Å². The average molecular weight is 258 g/mol. The molecule has 2 heterocycles. The van der Waals surface area contributed by atoms with E-state index in [-0.39, 0.29) is 10.7 Å². The van der Waals surface area contributed by atoms with Crippen molar-refractivity contribution in [2.45, 2.75) is 24.7 Å². The second-order valence-corrected chi connectivity index (χ2v) is 6.55. The van der Waals surface area contributed by atoms with E-state index in [4.69, 9.17) is 5.73 Å². The molecule has 2 N–H and O–H groups in total. The molecule has 0 unspecified atom stereocenters. The molecule has 1 aliphatic rings. The summed E-state index contributed by atoms with van der Waals surface area (Å²) in [4.78, 5) is 0.120. The smallest absolute Gasteiger partial charge is 0.248 e. The Kier molecular flexibility index (Phi) is 3.13. The van der Waals surface area contributed by atoms with Gasteiger partial charge in [-0.1, -0.05) is 6.92 Å². The van der Waals surface area contributed by atoms with Gasteiger partial charge >= 0.3 is 0 Å². The van der Waals surface area contributed by atoms with Crippen LogP contribution in [-0.2, 0) is 17.1 Å². The number of hydrogen-bond donors (Lipinski definition) is 1. The third kappa shape index (κ3) is 2.30. The molecule has 2 rings (SSSR count). The normalized spacial score (nSPS) is 19.6. The fourth-order valence-electron chi connectivity index (χ4n) is 2.05. The van der Waals surface area contributed by atoms with Gasteiger partial charge in [0.2, 0.25) is 10.0 Å². The molecule has 0 aliphatic carbocycles. The maximum absolute atomic E-state index is 12.3. The highest BCUT2D eigenvalue weighted by molar-refractivity contribution is 7.89. The van der Waals surface area contributed by atoms with Crippen molar-refractivity contribution in [1.82, 2.24) is 14.1 Å². The Hall–Kier alpha value is -1.08. The summed E-state index contributed by atoms with van der Waals surface area (Å²) in [6.07, 6.45) is 3.27. The van der Waals surface area contributed by atoms with Gasteiger partial charge in [-0.2, -0.15) is 9.40 Å². The van der Waals surface area contributed by atoms with Crippen LogP contribution in [0.25, 0.3) is 0 Å². The summed E-state index contributed by atoms with van der Waals surface area (Å²) in [5.41, 5.74) is 5.62. The number of aromatic nitrogens is 2. The monoisotopic (exact) mass is 258 g/mol. The molecule has 96 valence electrons. The van der Waals surface area contributed by atoms with Gasteiger partial charge in [-0.05, 0) is 18.8 Å². The number of aryl methyl sites for hydroxylation is 1. The molecule has 0 radical (unpaired) electrons. The topological polar surface area (TPSA) is 81.2 Å². The van der Waals surface area contributed by atoms with Gasteiger partial charge in [0.15, 0.2) is 5.82 Å². The first-order valence-electron chi connectivity index (χ1n) is 5.70. The van der Waals surface area contributed by atoms with Crippen LogP contribution in [0.5, 0.6) is 0 Å². The summed E-state index contributed by atoms with van der Waals surface area (Å²) in [7, 11) is -1.81. The van der Waals surface area contributed by atoms with E-state index in [2.05, 4.69) is 12.0 Å². The summed E-state index contributed by atoms with van der Waals surface area (Å²) in [6.45, 7) is 3.28. The third-order valence-electron chi connectivity index (χ3n) is 3.18.